The van der Waals surface area contributed by atoms with E-state index in [1.807, 2.05) is 0 Å². The zero-order valence-electron chi connectivity index (χ0n) is 6.71. The molecule has 0 unspecified atom stereocenters. The molecule has 0 spiro atoms. The average Bonchev–Trinajstić information content (AvgIpc) is 1.96. The van der Waals surface area contributed by atoms with Crippen LogP contribution in [0.2, 0.25) is 0 Å². The maximum atomic E-state index is 9.95. The van der Waals surface area contributed by atoms with Crippen molar-refractivity contribution in [2.45, 2.75) is 25.7 Å². The van der Waals surface area contributed by atoms with Crippen molar-refractivity contribution in [1.82, 2.24) is 0 Å². The summed E-state index contributed by atoms with van der Waals surface area (Å²) in [5, 5.41) is 8.18. The first kappa shape index (κ1) is 10.4. The van der Waals surface area contributed by atoms with E-state index in [9.17, 15) is 4.79 Å². The van der Waals surface area contributed by atoms with Gasteiger partial charge in [0.1, 0.15) is 6.61 Å². The Morgan fingerprint density at radius 2 is 2.09 bits per heavy atom. The third-order valence-corrected chi connectivity index (χ3v) is 1.26. The highest BCUT2D eigenvalue weighted by molar-refractivity contribution is 5.67. The summed E-state index contributed by atoms with van der Waals surface area (Å²) in [6.45, 7) is 4.07. The van der Waals surface area contributed by atoms with Crippen LogP contribution in [0.15, 0.2) is 0 Å². The molecule has 3 nitrogen and oxygen atoms in total. The van der Waals surface area contributed by atoms with E-state index in [2.05, 4.69) is 6.92 Å². The molecule has 0 bridgehead atoms. The molecule has 0 amide bonds. The van der Waals surface area contributed by atoms with Crippen molar-refractivity contribution >= 4 is 5.97 Å². The van der Waals surface area contributed by atoms with Crippen molar-refractivity contribution < 1.29 is 14.6 Å². The van der Waals surface area contributed by atoms with E-state index in [1.165, 1.54) is 0 Å². The van der Waals surface area contributed by atoms with E-state index in [4.69, 9.17) is 9.84 Å². The summed E-state index contributed by atoms with van der Waals surface area (Å²) in [5.74, 6) is -0.901. The fourth-order valence-corrected chi connectivity index (χ4v) is 0.717. The van der Waals surface area contributed by atoms with Gasteiger partial charge in [-0.1, -0.05) is 26.2 Å². The standard InChI is InChI=1S/C8H15O3/c1-2-3-4-5-6-11-7-8(9)10/h1-7H2,(H,9,10). The number of hydrogen-bond donors (Lipinski definition) is 1. The molecule has 0 fully saturated rings. The highest BCUT2D eigenvalue weighted by atomic mass is 16.5. The molecule has 0 rings (SSSR count). The van der Waals surface area contributed by atoms with Crippen LogP contribution < -0.4 is 0 Å². The van der Waals surface area contributed by atoms with Crippen LogP contribution in [0.4, 0.5) is 0 Å². The van der Waals surface area contributed by atoms with Crippen LogP contribution in [0.25, 0.3) is 0 Å². The number of carboxylic acid groups (broad SMARTS) is 1. The molecule has 65 valence electrons. The highest BCUT2D eigenvalue weighted by Crippen LogP contribution is 1.98. The Kier molecular flexibility index (Phi) is 7.15. The lowest BCUT2D eigenvalue weighted by Gasteiger charge is -1.99. The molecular weight excluding hydrogens is 144 g/mol. The molecule has 0 atom stereocenters. The number of carboxylic acids is 1. The summed E-state index contributed by atoms with van der Waals surface area (Å²) >= 11 is 0. The van der Waals surface area contributed by atoms with Gasteiger partial charge in [0, 0.05) is 6.61 Å². The third-order valence-electron chi connectivity index (χ3n) is 1.26. The van der Waals surface area contributed by atoms with Crippen molar-refractivity contribution in [3.63, 3.8) is 0 Å². The van der Waals surface area contributed by atoms with Gasteiger partial charge in [0.15, 0.2) is 0 Å². The van der Waals surface area contributed by atoms with E-state index < -0.39 is 5.97 Å². The molecular formula is C8H15O3. The fraction of sp³-hybridized carbons (Fsp3) is 0.750. The lowest BCUT2D eigenvalue weighted by molar-refractivity contribution is -0.142. The molecule has 0 aliphatic carbocycles. The number of carbonyl (C=O) groups is 1. The lowest BCUT2D eigenvalue weighted by Crippen LogP contribution is -2.07. The van der Waals surface area contributed by atoms with Gasteiger partial charge in [-0.25, -0.2) is 4.79 Å². The van der Waals surface area contributed by atoms with Crippen molar-refractivity contribution in [1.29, 1.82) is 0 Å². The first-order valence-electron chi connectivity index (χ1n) is 3.86. The first-order valence-corrected chi connectivity index (χ1v) is 3.86. The van der Waals surface area contributed by atoms with Crippen LogP contribution >= 0.6 is 0 Å². The van der Waals surface area contributed by atoms with E-state index in [0.29, 0.717) is 6.61 Å². The normalized spacial score (nSPS) is 9.91. The maximum Gasteiger partial charge on any atom is 0.329 e. The molecule has 11 heavy (non-hydrogen) atoms. The van der Waals surface area contributed by atoms with Crippen LogP contribution in [0.5, 0.6) is 0 Å². The topological polar surface area (TPSA) is 46.5 Å². The summed E-state index contributed by atoms with van der Waals surface area (Å²) in [6.07, 6.45) is 4.04. The molecule has 0 saturated carbocycles. The largest absolute Gasteiger partial charge is 0.480 e. The number of unbranched alkanes of at least 4 members (excludes halogenated alkanes) is 3. The quantitative estimate of drug-likeness (QED) is 0.572. The molecule has 0 aromatic rings. The van der Waals surface area contributed by atoms with Crippen molar-refractivity contribution in [3.8, 4) is 0 Å². The van der Waals surface area contributed by atoms with Crippen molar-refractivity contribution in [3.05, 3.63) is 6.92 Å². The van der Waals surface area contributed by atoms with Gasteiger partial charge in [-0.2, -0.15) is 0 Å². The van der Waals surface area contributed by atoms with Gasteiger partial charge in [0.05, 0.1) is 0 Å². The van der Waals surface area contributed by atoms with Gasteiger partial charge < -0.3 is 9.84 Å². The molecule has 0 heterocycles. The SMILES string of the molecule is [CH2]CCCCCOCC(=O)O. The summed E-state index contributed by atoms with van der Waals surface area (Å²) in [4.78, 5) is 9.95. The predicted molar refractivity (Wildman–Crippen MR) is 42.3 cm³/mol. The number of hydrogen-bond acceptors (Lipinski definition) is 2. The molecule has 0 saturated heterocycles. The van der Waals surface area contributed by atoms with Gasteiger partial charge >= 0.3 is 5.97 Å². The van der Waals surface area contributed by atoms with Gasteiger partial charge in [0.25, 0.3) is 0 Å². The second kappa shape index (κ2) is 7.54. The van der Waals surface area contributed by atoms with Gasteiger partial charge in [0.2, 0.25) is 0 Å². The molecule has 0 aliphatic heterocycles. The number of rotatable bonds is 7. The fourth-order valence-electron chi connectivity index (χ4n) is 0.717. The smallest absolute Gasteiger partial charge is 0.329 e. The Morgan fingerprint density at radius 3 is 2.64 bits per heavy atom. The Hall–Kier alpha value is -0.570. The minimum absolute atomic E-state index is 0.176. The van der Waals surface area contributed by atoms with E-state index >= 15 is 0 Å². The van der Waals surface area contributed by atoms with Crippen LogP contribution in [0.1, 0.15) is 25.7 Å². The van der Waals surface area contributed by atoms with Crippen LogP contribution in [-0.2, 0) is 9.53 Å². The molecule has 1 N–H and O–H groups in total. The summed E-state index contributed by atoms with van der Waals surface area (Å²) in [7, 11) is 0. The third kappa shape index (κ3) is 9.43. The van der Waals surface area contributed by atoms with Crippen LogP contribution in [0, 0.1) is 6.92 Å². The van der Waals surface area contributed by atoms with Crippen molar-refractivity contribution in [2.24, 2.45) is 0 Å². The monoisotopic (exact) mass is 159 g/mol. The average molecular weight is 159 g/mol. The number of ether oxygens (including phenoxy) is 1. The molecule has 0 aromatic carbocycles. The number of aliphatic carboxylic acids is 1. The molecule has 0 aromatic heterocycles. The van der Waals surface area contributed by atoms with Crippen LogP contribution in [0.3, 0.4) is 0 Å². The molecule has 3 heteroatoms. The second-order valence-corrected chi connectivity index (χ2v) is 2.36. The molecule has 1 radical (unpaired) electrons. The second-order valence-electron chi connectivity index (χ2n) is 2.36. The Labute approximate surface area is 67.4 Å². The van der Waals surface area contributed by atoms with Crippen molar-refractivity contribution in [2.75, 3.05) is 13.2 Å². The molecule has 0 aliphatic rings. The Bertz CT molecular complexity index is 102. The Balaban J connectivity index is 2.85. The Morgan fingerprint density at radius 1 is 1.36 bits per heavy atom. The predicted octanol–water partition coefficient (Wildman–Crippen LogP) is 1.48. The highest BCUT2D eigenvalue weighted by Gasteiger charge is 1.94. The van der Waals surface area contributed by atoms with E-state index in [-0.39, 0.29) is 6.61 Å². The summed E-state index contributed by atoms with van der Waals surface area (Å²) < 4.78 is 4.82. The van der Waals surface area contributed by atoms with Gasteiger partial charge in [-0.3, -0.25) is 0 Å². The van der Waals surface area contributed by atoms with E-state index in [0.717, 1.165) is 25.7 Å². The zero-order valence-corrected chi connectivity index (χ0v) is 6.71. The summed E-state index contributed by atoms with van der Waals surface area (Å²) in [6, 6.07) is 0. The van der Waals surface area contributed by atoms with Crippen LogP contribution in [-0.4, -0.2) is 24.3 Å². The first-order chi connectivity index (χ1) is 5.27. The maximum absolute atomic E-state index is 9.95. The minimum Gasteiger partial charge on any atom is -0.480 e. The zero-order chi connectivity index (χ0) is 8.53. The lowest BCUT2D eigenvalue weighted by atomic mass is 10.2. The van der Waals surface area contributed by atoms with E-state index in [1.54, 1.807) is 0 Å². The van der Waals surface area contributed by atoms with Gasteiger partial charge in [-0.15, -0.1) is 0 Å². The summed E-state index contributed by atoms with van der Waals surface area (Å²) in [5.41, 5.74) is 0. The minimum atomic E-state index is -0.901. The van der Waals surface area contributed by atoms with Gasteiger partial charge in [-0.05, 0) is 6.42 Å².